The summed E-state index contributed by atoms with van der Waals surface area (Å²) in [5.41, 5.74) is 4.45. The second-order valence-corrected chi connectivity index (χ2v) is 9.32. The van der Waals surface area contributed by atoms with Gasteiger partial charge < -0.3 is 19.7 Å². The number of hydrogen-bond acceptors (Lipinski definition) is 3. The van der Waals surface area contributed by atoms with Crippen molar-refractivity contribution in [1.82, 2.24) is 14.9 Å². The molecular weight excluding hydrogens is 390 g/mol. The molecule has 1 aliphatic heterocycles. The number of nitrogens with one attached hydrogen (secondary N) is 1. The molecule has 1 aliphatic rings. The highest BCUT2D eigenvalue weighted by molar-refractivity contribution is 7.80. The van der Waals surface area contributed by atoms with Crippen LogP contribution in [0.1, 0.15) is 44.1 Å². The van der Waals surface area contributed by atoms with Gasteiger partial charge in [-0.15, -0.1) is 0 Å². The van der Waals surface area contributed by atoms with E-state index in [0.29, 0.717) is 0 Å². The molecule has 3 heterocycles. The van der Waals surface area contributed by atoms with Gasteiger partial charge in [0.25, 0.3) is 0 Å². The van der Waals surface area contributed by atoms with Gasteiger partial charge in [0.1, 0.15) is 0 Å². The molecule has 0 aliphatic carbocycles. The lowest BCUT2D eigenvalue weighted by atomic mass is 9.98. The summed E-state index contributed by atoms with van der Waals surface area (Å²) in [5.74, 6) is 0. The lowest BCUT2D eigenvalue weighted by Gasteiger charge is -2.28. The Morgan fingerprint density at radius 2 is 1.77 bits per heavy atom. The highest BCUT2D eigenvalue weighted by atomic mass is 32.1. The zero-order chi connectivity index (χ0) is 21.5. The van der Waals surface area contributed by atoms with E-state index < -0.39 is 0 Å². The third-order valence-electron chi connectivity index (χ3n) is 5.57. The van der Waals surface area contributed by atoms with Crippen molar-refractivity contribution in [2.45, 2.75) is 38.4 Å². The lowest BCUT2D eigenvalue weighted by Crippen LogP contribution is -2.29. The zero-order valence-electron chi connectivity index (χ0n) is 18.2. The molecule has 156 valence electrons. The van der Waals surface area contributed by atoms with Gasteiger partial charge in [-0.2, -0.15) is 0 Å². The van der Waals surface area contributed by atoms with Crippen molar-refractivity contribution in [3.05, 3.63) is 78.4 Å². The topological polar surface area (TPSA) is 36.3 Å². The minimum Gasteiger partial charge on any atom is -0.378 e. The lowest BCUT2D eigenvalue weighted by molar-refractivity contribution is 0.397. The van der Waals surface area contributed by atoms with Crippen LogP contribution >= 0.6 is 12.2 Å². The summed E-state index contributed by atoms with van der Waals surface area (Å²) in [5, 5.41) is 4.25. The summed E-state index contributed by atoms with van der Waals surface area (Å²) >= 11 is 5.81. The Kier molecular flexibility index (Phi) is 5.28. The first-order chi connectivity index (χ1) is 14.3. The maximum absolute atomic E-state index is 5.81. The first kappa shape index (κ1) is 20.4. The molecule has 4 rings (SSSR count). The molecule has 3 aromatic rings. The molecule has 0 spiro atoms. The van der Waals surface area contributed by atoms with E-state index >= 15 is 0 Å². The highest BCUT2D eigenvalue weighted by Crippen LogP contribution is 2.42. The smallest absolute Gasteiger partial charge is 0.174 e. The Balaban J connectivity index is 1.79. The Morgan fingerprint density at radius 1 is 1.03 bits per heavy atom. The first-order valence-electron chi connectivity index (χ1n) is 10.2. The molecule has 2 atom stereocenters. The fourth-order valence-corrected chi connectivity index (χ4v) is 4.23. The number of aromatic nitrogens is 2. The molecule has 0 amide bonds. The maximum atomic E-state index is 5.81. The summed E-state index contributed by atoms with van der Waals surface area (Å²) in [7, 11) is 4.10. The number of nitrogens with zero attached hydrogens (tertiary/aromatic N) is 4. The van der Waals surface area contributed by atoms with Crippen molar-refractivity contribution >= 4 is 28.7 Å². The zero-order valence-corrected chi connectivity index (χ0v) is 19.0. The Hall–Kier alpha value is -2.86. The van der Waals surface area contributed by atoms with E-state index in [2.05, 4.69) is 94.2 Å². The van der Waals surface area contributed by atoms with Crippen molar-refractivity contribution < 1.29 is 0 Å². The second kappa shape index (κ2) is 7.76. The molecule has 0 unspecified atom stereocenters. The molecule has 0 saturated carbocycles. The maximum Gasteiger partial charge on any atom is 0.174 e. The Morgan fingerprint density at radius 3 is 2.33 bits per heavy atom. The minimum atomic E-state index is -0.0250. The van der Waals surface area contributed by atoms with Gasteiger partial charge in [-0.25, -0.2) is 0 Å². The highest BCUT2D eigenvalue weighted by Gasteiger charge is 2.41. The van der Waals surface area contributed by atoms with Gasteiger partial charge in [-0.1, -0.05) is 6.07 Å². The largest absolute Gasteiger partial charge is 0.378 e. The van der Waals surface area contributed by atoms with Gasteiger partial charge in [0.05, 0.1) is 17.8 Å². The molecule has 30 heavy (non-hydrogen) atoms. The van der Waals surface area contributed by atoms with Crippen molar-refractivity contribution in [1.29, 1.82) is 0 Å². The van der Waals surface area contributed by atoms with Gasteiger partial charge >= 0.3 is 0 Å². The average Bonchev–Trinajstić information content (AvgIpc) is 3.33. The SMILES string of the molecule is CN(C)c1ccc(N2C(=S)N[C@H](c3ccccn3)[C@@H]2c2ccn(C(C)(C)C)c2)cc1. The number of rotatable bonds is 4. The van der Waals surface area contributed by atoms with E-state index in [0.717, 1.165) is 22.2 Å². The summed E-state index contributed by atoms with van der Waals surface area (Å²) in [6.07, 6.45) is 6.23. The second-order valence-electron chi connectivity index (χ2n) is 8.93. The number of thiocarbonyl (C=S) groups is 1. The predicted octanol–water partition coefficient (Wildman–Crippen LogP) is 4.88. The molecule has 1 saturated heterocycles. The monoisotopic (exact) mass is 419 g/mol. The van der Waals surface area contributed by atoms with Gasteiger partial charge in [-0.05, 0) is 81.0 Å². The third-order valence-corrected chi connectivity index (χ3v) is 5.89. The van der Waals surface area contributed by atoms with Crippen LogP contribution in [0.4, 0.5) is 11.4 Å². The first-order valence-corrected chi connectivity index (χ1v) is 10.6. The molecular formula is C24H29N5S. The van der Waals surface area contributed by atoms with Crippen LogP contribution in [0.15, 0.2) is 67.1 Å². The predicted molar refractivity (Wildman–Crippen MR) is 128 cm³/mol. The number of hydrogen-bond donors (Lipinski definition) is 1. The molecule has 0 bridgehead atoms. The Bertz CT molecular complexity index is 1020. The molecule has 1 N–H and O–H groups in total. The van der Waals surface area contributed by atoms with E-state index in [1.807, 2.05) is 32.4 Å². The average molecular weight is 420 g/mol. The summed E-state index contributed by atoms with van der Waals surface area (Å²) in [6, 6.07) is 16.8. The van der Waals surface area contributed by atoms with Gasteiger partial charge in [0.15, 0.2) is 5.11 Å². The van der Waals surface area contributed by atoms with Crippen LogP contribution in [-0.2, 0) is 5.54 Å². The van der Waals surface area contributed by atoms with Crippen molar-refractivity contribution in [2.24, 2.45) is 0 Å². The van der Waals surface area contributed by atoms with Crippen LogP contribution in [0.25, 0.3) is 0 Å². The summed E-state index contributed by atoms with van der Waals surface area (Å²) < 4.78 is 2.26. The molecule has 5 nitrogen and oxygen atoms in total. The molecule has 1 aromatic carbocycles. The van der Waals surface area contributed by atoms with Crippen molar-refractivity contribution in [3.63, 3.8) is 0 Å². The van der Waals surface area contributed by atoms with Gasteiger partial charge in [-0.3, -0.25) is 4.98 Å². The van der Waals surface area contributed by atoms with Gasteiger partial charge in [0, 0.05) is 49.6 Å². The molecule has 2 aromatic heterocycles. The fraction of sp³-hybridized carbons (Fsp3) is 0.333. The van der Waals surface area contributed by atoms with Gasteiger partial charge in [0.2, 0.25) is 0 Å². The van der Waals surface area contributed by atoms with Crippen LogP contribution in [0.2, 0.25) is 0 Å². The molecule has 0 radical (unpaired) electrons. The van der Waals surface area contributed by atoms with E-state index in [1.54, 1.807) is 0 Å². The third kappa shape index (κ3) is 3.79. The van der Waals surface area contributed by atoms with E-state index in [1.165, 1.54) is 5.56 Å². The van der Waals surface area contributed by atoms with E-state index in [4.69, 9.17) is 12.2 Å². The van der Waals surface area contributed by atoms with Crippen molar-refractivity contribution in [3.8, 4) is 0 Å². The number of anilines is 2. The summed E-state index contributed by atoms with van der Waals surface area (Å²) in [4.78, 5) is 8.95. The quantitative estimate of drug-likeness (QED) is 0.610. The fourth-order valence-electron chi connectivity index (χ4n) is 3.89. The number of benzene rings is 1. The van der Waals surface area contributed by atoms with Crippen molar-refractivity contribution in [2.75, 3.05) is 23.9 Å². The minimum absolute atomic E-state index is 0.0150. The standard InChI is InChI=1S/C24H29N5S/c1-24(2,3)28-15-13-17(16-28)22-21(20-8-6-7-14-25-20)26-23(30)29(22)19-11-9-18(10-12-19)27(4)5/h6-16,21-22H,1-5H3,(H,26,30)/t21-,22+/m1/s1. The van der Waals surface area contributed by atoms with Crippen LogP contribution in [0.3, 0.4) is 0 Å². The van der Waals surface area contributed by atoms with Crippen LogP contribution in [-0.4, -0.2) is 28.8 Å². The van der Waals surface area contributed by atoms with Crippen LogP contribution in [0.5, 0.6) is 0 Å². The van der Waals surface area contributed by atoms with E-state index in [-0.39, 0.29) is 17.6 Å². The molecule has 1 fully saturated rings. The summed E-state index contributed by atoms with van der Waals surface area (Å²) in [6.45, 7) is 6.63. The number of pyridine rings is 1. The van der Waals surface area contributed by atoms with Crippen LogP contribution in [0, 0.1) is 0 Å². The van der Waals surface area contributed by atoms with Crippen LogP contribution < -0.4 is 15.1 Å². The molecule has 6 heteroatoms. The Labute approximate surface area is 184 Å². The normalized spacial score (nSPS) is 19.1. The van der Waals surface area contributed by atoms with E-state index in [9.17, 15) is 0 Å².